The first-order chi connectivity index (χ1) is 9.74. The fourth-order valence-corrected chi connectivity index (χ4v) is 5.03. The molecule has 2 atom stereocenters. The number of carbonyl (C=O) groups excluding carboxylic acids is 1. The largest absolute Gasteiger partial charge is 0.465 e. The van der Waals surface area contributed by atoms with Crippen LogP contribution in [0, 0.1) is 0 Å². The first-order valence-corrected chi connectivity index (χ1v) is 8.34. The maximum absolute atomic E-state index is 12.1. The summed E-state index contributed by atoms with van der Waals surface area (Å²) in [5.41, 5.74) is 3.15. The highest BCUT2D eigenvalue weighted by molar-refractivity contribution is 8.00. The zero-order chi connectivity index (χ0) is 13.9. The Kier molecular flexibility index (Phi) is 2.70. The summed E-state index contributed by atoms with van der Waals surface area (Å²) in [5.74, 6) is -0.264. The second-order valence-corrected chi connectivity index (χ2v) is 6.86. The van der Waals surface area contributed by atoms with Crippen molar-refractivity contribution in [2.24, 2.45) is 0 Å². The number of rotatable bonds is 2. The van der Waals surface area contributed by atoms with Gasteiger partial charge in [0.15, 0.2) is 0 Å². The second-order valence-electron chi connectivity index (χ2n) is 4.77. The van der Waals surface area contributed by atoms with E-state index in [0.717, 1.165) is 14.3 Å². The van der Waals surface area contributed by atoms with Gasteiger partial charge in [-0.05, 0) is 11.8 Å². The van der Waals surface area contributed by atoms with Crippen LogP contribution in [0.3, 0.4) is 0 Å². The lowest BCUT2D eigenvalue weighted by Crippen LogP contribution is -2.01. The molecule has 5 heteroatoms. The molecule has 1 aromatic heterocycles. The lowest BCUT2D eigenvalue weighted by atomic mass is 9.95. The lowest BCUT2D eigenvalue weighted by Gasteiger charge is -2.08. The van der Waals surface area contributed by atoms with Crippen LogP contribution in [0.2, 0.25) is 0 Å². The Hall–Kier alpha value is -1.30. The Bertz CT molecular complexity index is 760. The van der Waals surface area contributed by atoms with E-state index in [0.29, 0.717) is 5.56 Å². The van der Waals surface area contributed by atoms with Crippen LogP contribution in [0.4, 0.5) is 0 Å². The third kappa shape index (κ3) is 1.48. The number of hydrogen-bond donors (Lipinski definition) is 0. The molecule has 0 saturated heterocycles. The molecule has 20 heavy (non-hydrogen) atoms. The van der Waals surface area contributed by atoms with Crippen LogP contribution in [0.5, 0.6) is 0 Å². The SMILES string of the molecule is COC(=O)c1c(SC)sc2c3c(ccc12)C1C=CC3O1. The third-order valence-electron chi connectivity index (χ3n) is 3.82. The first kappa shape index (κ1) is 12.4. The highest BCUT2D eigenvalue weighted by Gasteiger charge is 2.36. The van der Waals surface area contributed by atoms with Crippen molar-refractivity contribution in [3.05, 3.63) is 41.0 Å². The van der Waals surface area contributed by atoms with Crippen LogP contribution in [-0.4, -0.2) is 19.3 Å². The van der Waals surface area contributed by atoms with Crippen LogP contribution >= 0.6 is 23.1 Å². The molecule has 2 aliphatic rings. The molecule has 4 rings (SSSR count). The molecular weight excluding hydrogens is 292 g/mol. The number of benzene rings is 1. The zero-order valence-electron chi connectivity index (χ0n) is 11.0. The standard InChI is InChI=1S/C15H12O3S2/c1-17-14(16)12-8-4-3-7-9-5-6-10(18-9)11(7)13(8)20-15(12)19-2/h3-6,9-10H,1-2H3. The van der Waals surface area contributed by atoms with E-state index < -0.39 is 0 Å². The summed E-state index contributed by atoms with van der Waals surface area (Å²) in [6.07, 6.45) is 6.31. The molecule has 0 spiro atoms. The summed E-state index contributed by atoms with van der Waals surface area (Å²) >= 11 is 3.25. The average Bonchev–Trinajstić information content (AvgIpc) is 3.17. The van der Waals surface area contributed by atoms with Crippen LogP contribution in [0.1, 0.15) is 33.7 Å². The van der Waals surface area contributed by atoms with Crippen molar-refractivity contribution < 1.29 is 14.3 Å². The Morgan fingerprint density at radius 2 is 2.15 bits per heavy atom. The van der Waals surface area contributed by atoms with Crippen molar-refractivity contribution in [3.63, 3.8) is 0 Å². The third-order valence-corrected chi connectivity index (χ3v) is 6.18. The normalized spacial score (nSPS) is 22.5. The molecule has 0 fully saturated rings. The van der Waals surface area contributed by atoms with Gasteiger partial charge in [-0.1, -0.05) is 24.3 Å². The molecule has 2 aliphatic heterocycles. The molecule has 2 unspecified atom stereocenters. The van der Waals surface area contributed by atoms with Gasteiger partial charge in [0, 0.05) is 15.6 Å². The van der Waals surface area contributed by atoms with E-state index in [1.54, 1.807) is 23.1 Å². The quantitative estimate of drug-likeness (QED) is 0.475. The zero-order valence-corrected chi connectivity index (χ0v) is 12.6. The molecule has 2 bridgehead atoms. The molecule has 2 aromatic rings. The highest BCUT2D eigenvalue weighted by Crippen LogP contribution is 2.51. The van der Waals surface area contributed by atoms with Crippen LogP contribution in [0.15, 0.2) is 28.5 Å². The number of thioether (sulfide) groups is 1. The van der Waals surface area contributed by atoms with Gasteiger partial charge in [0.2, 0.25) is 0 Å². The fraction of sp³-hybridized carbons (Fsp3) is 0.267. The van der Waals surface area contributed by atoms with Crippen molar-refractivity contribution in [3.8, 4) is 0 Å². The molecule has 1 aromatic carbocycles. The van der Waals surface area contributed by atoms with Crippen molar-refractivity contribution >= 4 is 39.2 Å². The van der Waals surface area contributed by atoms with Gasteiger partial charge >= 0.3 is 5.97 Å². The van der Waals surface area contributed by atoms with Gasteiger partial charge in [0.1, 0.15) is 12.2 Å². The Morgan fingerprint density at radius 3 is 2.90 bits per heavy atom. The van der Waals surface area contributed by atoms with Gasteiger partial charge in [-0.2, -0.15) is 0 Å². The molecule has 3 nitrogen and oxygen atoms in total. The van der Waals surface area contributed by atoms with Gasteiger partial charge in [0.25, 0.3) is 0 Å². The number of methoxy groups -OCH3 is 1. The minimum absolute atomic E-state index is 0.0394. The van der Waals surface area contributed by atoms with Crippen molar-refractivity contribution in [2.75, 3.05) is 13.4 Å². The van der Waals surface area contributed by atoms with Crippen molar-refractivity contribution in [1.29, 1.82) is 0 Å². The number of fused-ring (bicyclic) bond motifs is 7. The van der Waals surface area contributed by atoms with Gasteiger partial charge < -0.3 is 9.47 Å². The van der Waals surface area contributed by atoms with E-state index in [1.165, 1.54) is 18.2 Å². The lowest BCUT2D eigenvalue weighted by molar-refractivity contribution is 0.0600. The number of esters is 1. The Morgan fingerprint density at radius 1 is 1.35 bits per heavy atom. The van der Waals surface area contributed by atoms with Crippen molar-refractivity contribution in [1.82, 2.24) is 0 Å². The second kappa shape index (κ2) is 4.35. The molecule has 0 saturated carbocycles. The van der Waals surface area contributed by atoms with E-state index >= 15 is 0 Å². The predicted octanol–water partition coefficient (Wildman–Crippen LogP) is 4.09. The van der Waals surface area contributed by atoms with Gasteiger partial charge in [-0.3, -0.25) is 0 Å². The number of hydrogen-bond acceptors (Lipinski definition) is 5. The molecule has 3 heterocycles. The van der Waals surface area contributed by atoms with E-state index in [9.17, 15) is 4.79 Å². The summed E-state index contributed by atoms with van der Waals surface area (Å²) in [5, 5.41) is 0.981. The minimum Gasteiger partial charge on any atom is -0.465 e. The van der Waals surface area contributed by atoms with Crippen LogP contribution in [-0.2, 0) is 9.47 Å². The first-order valence-electron chi connectivity index (χ1n) is 6.30. The average molecular weight is 304 g/mol. The number of thiophene rings is 1. The molecule has 102 valence electrons. The summed E-state index contributed by atoms with van der Waals surface area (Å²) < 4.78 is 13.0. The molecule has 0 radical (unpaired) electrons. The van der Waals surface area contributed by atoms with Crippen LogP contribution < -0.4 is 0 Å². The maximum atomic E-state index is 12.1. The monoisotopic (exact) mass is 304 g/mol. The van der Waals surface area contributed by atoms with E-state index in [2.05, 4.69) is 18.2 Å². The fourth-order valence-electron chi connectivity index (χ4n) is 2.95. The minimum atomic E-state index is -0.264. The highest BCUT2D eigenvalue weighted by atomic mass is 32.2. The van der Waals surface area contributed by atoms with E-state index in [1.807, 2.05) is 12.3 Å². The molecule has 0 aliphatic carbocycles. The summed E-state index contributed by atoms with van der Waals surface area (Å²) in [7, 11) is 1.43. The Labute approximate surface area is 124 Å². The molecule has 0 amide bonds. The predicted molar refractivity (Wildman–Crippen MR) is 80.7 cm³/mol. The number of ether oxygens (including phenoxy) is 2. The topological polar surface area (TPSA) is 35.5 Å². The van der Waals surface area contributed by atoms with Gasteiger partial charge in [-0.15, -0.1) is 23.1 Å². The maximum Gasteiger partial charge on any atom is 0.340 e. The van der Waals surface area contributed by atoms with Gasteiger partial charge in [0.05, 0.1) is 16.9 Å². The molecular formula is C15H12O3S2. The van der Waals surface area contributed by atoms with Crippen LogP contribution in [0.25, 0.3) is 10.1 Å². The van der Waals surface area contributed by atoms with E-state index in [-0.39, 0.29) is 18.2 Å². The molecule has 0 N–H and O–H groups in total. The Balaban J connectivity index is 2.03. The summed E-state index contributed by atoms with van der Waals surface area (Å²) in [4.78, 5) is 12.1. The summed E-state index contributed by atoms with van der Waals surface area (Å²) in [6, 6.07) is 4.10. The number of carbonyl (C=O) groups is 1. The smallest absolute Gasteiger partial charge is 0.340 e. The summed E-state index contributed by atoms with van der Waals surface area (Å²) in [6.45, 7) is 0. The van der Waals surface area contributed by atoms with Gasteiger partial charge in [-0.25, -0.2) is 4.79 Å². The van der Waals surface area contributed by atoms with Crippen molar-refractivity contribution in [2.45, 2.75) is 16.4 Å². The van der Waals surface area contributed by atoms with E-state index in [4.69, 9.17) is 9.47 Å².